The van der Waals surface area contributed by atoms with Gasteiger partial charge in [0, 0.05) is 19.8 Å². The van der Waals surface area contributed by atoms with Gasteiger partial charge in [0.2, 0.25) is 0 Å². The molecule has 0 spiro atoms. The lowest BCUT2D eigenvalue weighted by Crippen LogP contribution is -2.39. The largest absolute Gasteiger partial charge is 0.481 e. The Bertz CT molecular complexity index is 560. The molecule has 2 rings (SSSR count). The third-order valence-electron chi connectivity index (χ3n) is 3.81. The second-order valence-corrected chi connectivity index (χ2v) is 5.64. The van der Waals surface area contributed by atoms with Gasteiger partial charge >= 0.3 is 5.97 Å². The molecule has 1 atom stereocenters. The van der Waals surface area contributed by atoms with Crippen LogP contribution in [0.2, 0.25) is 5.02 Å². The lowest BCUT2D eigenvalue weighted by Gasteiger charge is -2.27. The first kappa shape index (κ1) is 16.7. The topological polar surface area (TPSA) is 75.6 Å². The molecular formula is C15H17ClFNO4. The summed E-state index contributed by atoms with van der Waals surface area (Å²) in [5.41, 5.74) is 0.124. The molecule has 1 unspecified atom stereocenters. The number of carbonyl (C=O) groups excluding carboxylic acids is 1. The smallest absolute Gasteiger partial charge is 0.308 e. The SMILES string of the molecule is O=C(NCC(C(=O)O)C1CCOCC1)c1ccc(F)cc1Cl. The van der Waals surface area contributed by atoms with Crippen molar-refractivity contribution in [1.29, 1.82) is 0 Å². The first-order chi connectivity index (χ1) is 10.5. The highest BCUT2D eigenvalue weighted by atomic mass is 35.5. The van der Waals surface area contributed by atoms with E-state index in [-0.39, 0.29) is 23.0 Å². The van der Waals surface area contributed by atoms with Gasteiger partial charge in [0.05, 0.1) is 16.5 Å². The highest BCUT2D eigenvalue weighted by molar-refractivity contribution is 6.33. The van der Waals surface area contributed by atoms with Crippen LogP contribution in [0.4, 0.5) is 4.39 Å². The lowest BCUT2D eigenvalue weighted by atomic mass is 9.86. The quantitative estimate of drug-likeness (QED) is 0.869. The maximum Gasteiger partial charge on any atom is 0.308 e. The fraction of sp³-hybridized carbons (Fsp3) is 0.467. The summed E-state index contributed by atoms with van der Waals surface area (Å²) < 4.78 is 18.2. The van der Waals surface area contributed by atoms with E-state index in [1.54, 1.807) is 0 Å². The van der Waals surface area contributed by atoms with Gasteiger partial charge in [-0.25, -0.2) is 4.39 Å². The van der Waals surface area contributed by atoms with Crippen LogP contribution in [-0.4, -0.2) is 36.7 Å². The van der Waals surface area contributed by atoms with E-state index >= 15 is 0 Å². The predicted molar refractivity (Wildman–Crippen MR) is 78.4 cm³/mol. The first-order valence-electron chi connectivity index (χ1n) is 7.03. The van der Waals surface area contributed by atoms with Crippen LogP contribution in [0.15, 0.2) is 18.2 Å². The van der Waals surface area contributed by atoms with Crippen molar-refractivity contribution in [3.8, 4) is 0 Å². The Labute approximate surface area is 132 Å². The minimum Gasteiger partial charge on any atom is -0.481 e. The van der Waals surface area contributed by atoms with E-state index in [1.165, 1.54) is 6.07 Å². The lowest BCUT2D eigenvalue weighted by molar-refractivity contribution is -0.144. The van der Waals surface area contributed by atoms with Gasteiger partial charge in [-0.05, 0) is 37.0 Å². The van der Waals surface area contributed by atoms with E-state index in [1.807, 2.05) is 0 Å². The van der Waals surface area contributed by atoms with E-state index in [0.29, 0.717) is 26.1 Å². The number of halogens is 2. The van der Waals surface area contributed by atoms with E-state index in [0.717, 1.165) is 12.1 Å². The van der Waals surface area contributed by atoms with Crippen molar-refractivity contribution < 1.29 is 23.8 Å². The maximum absolute atomic E-state index is 13.0. The molecule has 1 fully saturated rings. The zero-order valence-corrected chi connectivity index (χ0v) is 12.6. The number of nitrogens with one attached hydrogen (secondary N) is 1. The molecular weight excluding hydrogens is 313 g/mol. The van der Waals surface area contributed by atoms with Crippen molar-refractivity contribution in [2.45, 2.75) is 12.8 Å². The fourth-order valence-electron chi connectivity index (χ4n) is 2.55. The Morgan fingerprint density at radius 3 is 2.68 bits per heavy atom. The molecule has 0 aromatic heterocycles. The van der Waals surface area contributed by atoms with Crippen molar-refractivity contribution in [2.24, 2.45) is 11.8 Å². The molecule has 1 aromatic rings. The van der Waals surface area contributed by atoms with Gasteiger partial charge < -0.3 is 15.2 Å². The van der Waals surface area contributed by atoms with Crippen molar-refractivity contribution in [2.75, 3.05) is 19.8 Å². The molecule has 5 nitrogen and oxygen atoms in total. The molecule has 0 aliphatic carbocycles. The Kier molecular flexibility index (Phi) is 5.74. The third-order valence-corrected chi connectivity index (χ3v) is 4.12. The molecule has 0 bridgehead atoms. The number of carbonyl (C=O) groups is 2. The number of carboxylic acid groups (broad SMARTS) is 1. The molecule has 1 amide bonds. The minimum atomic E-state index is -0.947. The van der Waals surface area contributed by atoms with Gasteiger partial charge in [0.25, 0.3) is 5.91 Å². The van der Waals surface area contributed by atoms with Crippen LogP contribution >= 0.6 is 11.6 Å². The summed E-state index contributed by atoms with van der Waals surface area (Å²) in [4.78, 5) is 23.4. The zero-order chi connectivity index (χ0) is 16.1. The van der Waals surface area contributed by atoms with Crippen LogP contribution in [-0.2, 0) is 9.53 Å². The van der Waals surface area contributed by atoms with Crippen molar-refractivity contribution in [3.05, 3.63) is 34.6 Å². The molecule has 7 heteroatoms. The molecule has 0 radical (unpaired) electrons. The van der Waals surface area contributed by atoms with E-state index in [4.69, 9.17) is 16.3 Å². The standard InChI is InChI=1S/C15H17ClFNO4/c16-13-7-10(17)1-2-11(13)14(19)18-8-12(15(20)21)9-3-5-22-6-4-9/h1-2,7,9,12H,3-6,8H2,(H,18,19)(H,20,21). The molecule has 1 heterocycles. The van der Waals surface area contributed by atoms with Gasteiger partial charge in [-0.15, -0.1) is 0 Å². The Hall–Kier alpha value is -1.66. The van der Waals surface area contributed by atoms with Crippen LogP contribution in [0.3, 0.4) is 0 Å². The second-order valence-electron chi connectivity index (χ2n) is 5.23. The van der Waals surface area contributed by atoms with E-state index < -0.39 is 23.6 Å². The molecule has 1 aromatic carbocycles. The number of amides is 1. The summed E-state index contributed by atoms with van der Waals surface area (Å²) in [6.45, 7) is 1.07. The number of hydrogen-bond donors (Lipinski definition) is 2. The normalized spacial score (nSPS) is 17.0. The van der Waals surface area contributed by atoms with E-state index in [2.05, 4.69) is 5.32 Å². The average Bonchev–Trinajstić information content (AvgIpc) is 2.48. The number of hydrogen-bond acceptors (Lipinski definition) is 3. The van der Waals surface area contributed by atoms with E-state index in [9.17, 15) is 19.1 Å². The summed E-state index contributed by atoms with van der Waals surface area (Å²) in [7, 11) is 0. The molecule has 0 saturated carbocycles. The monoisotopic (exact) mass is 329 g/mol. The number of carboxylic acids is 1. The minimum absolute atomic E-state index is 0.00422. The first-order valence-corrected chi connectivity index (χ1v) is 7.40. The summed E-state index contributed by atoms with van der Waals surface area (Å²) in [6.07, 6.45) is 1.31. The van der Waals surface area contributed by atoms with Gasteiger partial charge in [0.1, 0.15) is 5.82 Å². The number of benzene rings is 1. The van der Waals surface area contributed by atoms with Gasteiger partial charge in [0.15, 0.2) is 0 Å². The molecule has 1 saturated heterocycles. The average molecular weight is 330 g/mol. The summed E-state index contributed by atoms with van der Waals surface area (Å²) >= 11 is 5.82. The van der Waals surface area contributed by atoms with Crippen molar-refractivity contribution in [1.82, 2.24) is 5.32 Å². The predicted octanol–water partition coefficient (Wildman–Crippen LogP) is 2.34. The van der Waals surface area contributed by atoms with Crippen LogP contribution in [0.25, 0.3) is 0 Å². The van der Waals surface area contributed by atoms with Crippen LogP contribution in [0.5, 0.6) is 0 Å². The summed E-state index contributed by atoms with van der Waals surface area (Å²) in [6, 6.07) is 3.45. The highest BCUT2D eigenvalue weighted by Crippen LogP contribution is 2.24. The molecule has 2 N–H and O–H groups in total. The van der Waals surface area contributed by atoms with Crippen LogP contribution < -0.4 is 5.32 Å². The third kappa shape index (κ3) is 4.18. The Balaban J connectivity index is 1.99. The number of aliphatic carboxylic acids is 1. The van der Waals surface area contributed by atoms with Crippen LogP contribution in [0, 0.1) is 17.7 Å². The summed E-state index contributed by atoms with van der Waals surface area (Å²) in [5.74, 6) is -2.70. The zero-order valence-electron chi connectivity index (χ0n) is 11.9. The molecule has 1 aliphatic rings. The second kappa shape index (κ2) is 7.56. The molecule has 22 heavy (non-hydrogen) atoms. The fourth-order valence-corrected chi connectivity index (χ4v) is 2.80. The number of rotatable bonds is 5. The molecule has 1 aliphatic heterocycles. The Morgan fingerprint density at radius 2 is 2.09 bits per heavy atom. The highest BCUT2D eigenvalue weighted by Gasteiger charge is 2.30. The Morgan fingerprint density at radius 1 is 1.41 bits per heavy atom. The maximum atomic E-state index is 13.0. The van der Waals surface area contributed by atoms with Gasteiger partial charge in [-0.2, -0.15) is 0 Å². The van der Waals surface area contributed by atoms with Gasteiger partial charge in [-0.1, -0.05) is 11.6 Å². The van der Waals surface area contributed by atoms with Crippen LogP contribution in [0.1, 0.15) is 23.2 Å². The van der Waals surface area contributed by atoms with Crippen molar-refractivity contribution in [3.63, 3.8) is 0 Å². The van der Waals surface area contributed by atoms with Gasteiger partial charge in [-0.3, -0.25) is 9.59 Å². The van der Waals surface area contributed by atoms with Crippen molar-refractivity contribution >= 4 is 23.5 Å². The molecule has 120 valence electrons. The number of ether oxygens (including phenoxy) is 1. The summed E-state index contributed by atoms with van der Waals surface area (Å²) in [5, 5.41) is 11.9.